The number of benzene rings is 1. The van der Waals surface area contributed by atoms with Crippen LogP contribution in [0, 0.1) is 11.8 Å². The van der Waals surface area contributed by atoms with E-state index in [4.69, 9.17) is 0 Å². The van der Waals surface area contributed by atoms with E-state index in [0.717, 1.165) is 30.8 Å². The minimum absolute atomic E-state index is 0. The zero-order valence-corrected chi connectivity index (χ0v) is 16.7. The number of carbonyl (C=O) groups excluding carboxylic acids is 2. The van der Waals surface area contributed by atoms with E-state index < -0.39 is 0 Å². The highest BCUT2D eigenvalue weighted by atomic mass is 35.5. The Kier molecular flexibility index (Phi) is 10.3. The molecular weight excluding hydrogens is 350 g/mol. The van der Waals surface area contributed by atoms with Crippen LogP contribution in [-0.4, -0.2) is 24.9 Å². The zero-order valence-electron chi connectivity index (χ0n) is 15.8. The maximum atomic E-state index is 12.2. The van der Waals surface area contributed by atoms with E-state index in [2.05, 4.69) is 22.9 Å². The fourth-order valence-corrected chi connectivity index (χ4v) is 3.25. The van der Waals surface area contributed by atoms with E-state index in [0.29, 0.717) is 31.2 Å². The summed E-state index contributed by atoms with van der Waals surface area (Å²) in [6.07, 6.45) is 4.37. The minimum atomic E-state index is 0. The Bertz CT molecular complexity index is 557. The fraction of sp³-hybridized carbons (Fsp3) is 0.600. The molecule has 1 heterocycles. The van der Waals surface area contributed by atoms with Gasteiger partial charge < -0.3 is 16.0 Å². The number of hydrogen-bond acceptors (Lipinski definition) is 3. The van der Waals surface area contributed by atoms with Gasteiger partial charge in [0, 0.05) is 25.1 Å². The van der Waals surface area contributed by atoms with Crippen molar-refractivity contribution in [2.75, 3.05) is 18.4 Å². The third-order valence-corrected chi connectivity index (χ3v) is 4.85. The average molecular weight is 382 g/mol. The summed E-state index contributed by atoms with van der Waals surface area (Å²) in [5.74, 6) is 1.16. The molecule has 1 aromatic rings. The van der Waals surface area contributed by atoms with E-state index in [9.17, 15) is 9.59 Å². The number of rotatable bonds is 8. The Morgan fingerprint density at radius 1 is 1.23 bits per heavy atom. The topological polar surface area (TPSA) is 70.2 Å². The molecule has 1 aliphatic heterocycles. The van der Waals surface area contributed by atoms with Crippen molar-refractivity contribution in [3.05, 3.63) is 29.8 Å². The average Bonchev–Trinajstić information content (AvgIpc) is 2.62. The van der Waals surface area contributed by atoms with E-state index in [1.807, 2.05) is 31.2 Å². The number of halogens is 1. The van der Waals surface area contributed by atoms with Gasteiger partial charge in [0.1, 0.15) is 0 Å². The van der Waals surface area contributed by atoms with E-state index in [1.54, 1.807) is 0 Å². The van der Waals surface area contributed by atoms with Crippen LogP contribution in [0.1, 0.15) is 51.5 Å². The number of hydrogen-bond donors (Lipinski definition) is 3. The van der Waals surface area contributed by atoms with Crippen LogP contribution in [0.3, 0.4) is 0 Å². The zero-order chi connectivity index (χ0) is 18.1. The molecule has 3 N–H and O–H groups in total. The smallest absolute Gasteiger partial charge is 0.224 e. The Morgan fingerprint density at radius 3 is 2.58 bits per heavy atom. The molecule has 6 heteroatoms. The highest BCUT2D eigenvalue weighted by molar-refractivity contribution is 5.90. The lowest BCUT2D eigenvalue weighted by Gasteiger charge is -2.28. The molecule has 2 unspecified atom stereocenters. The molecule has 0 spiro atoms. The predicted molar refractivity (Wildman–Crippen MR) is 108 cm³/mol. The Morgan fingerprint density at radius 2 is 1.96 bits per heavy atom. The van der Waals surface area contributed by atoms with Crippen molar-refractivity contribution in [2.24, 2.45) is 11.8 Å². The second-order valence-corrected chi connectivity index (χ2v) is 7.06. The first-order valence-corrected chi connectivity index (χ1v) is 9.44. The number of amides is 2. The Hall–Kier alpha value is -1.59. The molecule has 0 radical (unpaired) electrons. The summed E-state index contributed by atoms with van der Waals surface area (Å²) in [7, 11) is 0. The van der Waals surface area contributed by atoms with Crippen molar-refractivity contribution >= 4 is 29.9 Å². The van der Waals surface area contributed by atoms with Gasteiger partial charge in [-0.1, -0.05) is 26.0 Å². The highest BCUT2D eigenvalue weighted by Gasteiger charge is 2.21. The second-order valence-electron chi connectivity index (χ2n) is 7.06. The normalized spacial score (nSPS) is 17.7. The van der Waals surface area contributed by atoms with Gasteiger partial charge in [0.2, 0.25) is 11.8 Å². The quantitative estimate of drug-likeness (QED) is 0.645. The Balaban J connectivity index is 0.00000338. The summed E-state index contributed by atoms with van der Waals surface area (Å²) < 4.78 is 0. The van der Waals surface area contributed by atoms with Crippen molar-refractivity contribution in [1.82, 2.24) is 10.6 Å². The highest BCUT2D eigenvalue weighted by Crippen LogP contribution is 2.22. The van der Waals surface area contributed by atoms with Gasteiger partial charge >= 0.3 is 0 Å². The van der Waals surface area contributed by atoms with Gasteiger partial charge in [-0.2, -0.15) is 0 Å². The van der Waals surface area contributed by atoms with Crippen LogP contribution in [0.4, 0.5) is 5.69 Å². The Labute approximate surface area is 163 Å². The maximum Gasteiger partial charge on any atom is 0.224 e. The van der Waals surface area contributed by atoms with Gasteiger partial charge in [0.05, 0.1) is 0 Å². The lowest BCUT2D eigenvalue weighted by Crippen LogP contribution is -2.35. The van der Waals surface area contributed by atoms with Crippen molar-refractivity contribution in [3.8, 4) is 0 Å². The van der Waals surface area contributed by atoms with Gasteiger partial charge in [-0.15, -0.1) is 12.4 Å². The van der Waals surface area contributed by atoms with Gasteiger partial charge in [-0.3, -0.25) is 9.59 Å². The number of piperidine rings is 1. The predicted octanol–water partition coefficient (Wildman–Crippen LogP) is 3.49. The van der Waals surface area contributed by atoms with Crippen molar-refractivity contribution in [2.45, 2.75) is 52.5 Å². The summed E-state index contributed by atoms with van der Waals surface area (Å²) >= 11 is 0. The molecule has 1 aliphatic rings. The summed E-state index contributed by atoms with van der Waals surface area (Å²) in [6.45, 7) is 6.81. The van der Waals surface area contributed by atoms with Crippen molar-refractivity contribution < 1.29 is 9.59 Å². The first-order valence-electron chi connectivity index (χ1n) is 9.44. The molecule has 0 aromatic heterocycles. The van der Waals surface area contributed by atoms with Crippen molar-refractivity contribution in [3.63, 3.8) is 0 Å². The lowest BCUT2D eigenvalue weighted by atomic mass is 9.85. The van der Waals surface area contributed by atoms with Gasteiger partial charge in [0.25, 0.3) is 0 Å². The van der Waals surface area contributed by atoms with Gasteiger partial charge in [0.15, 0.2) is 0 Å². The molecule has 0 bridgehead atoms. The molecule has 146 valence electrons. The molecule has 2 atom stereocenters. The van der Waals surface area contributed by atoms with Crippen LogP contribution in [0.2, 0.25) is 0 Å². The molecule has 1 aromatic carbocycles. The SMILES string of the molecule is CCCC(=O)Nc1ccc(CNC(=O)CC(C)C2CCCNC2)cc1.Cl. The monoisotopic (exact) mass is 381 g/mol. The van der Waals surface area contributed by atoms with E-state index in [1.165, 1.54) is 12.8 Å². The number of anilines is 1. The molecule has 1 fully saturated rings. The van der Waals surface area contributed by atoms with Gasteiger partial charge in [-0.05, 0) is 61.9 Å². The van der Waals surface area contributed by atoms with E-state index >= 15 is 0 Å². The fourth-order valence-electron chi connectivity index (χ4n) is 3.25. The second kappa shape index (κ2) is 11.9. The van der Waals surface area contributed by atoms with Crippen molar-refractivity contribution in [1.29, 1.82) is 0 Å². The standard InChI is InChI=1S/C20H31N3O2.ClH/c1-3-5-19(24)23-18-9-7-16(8-10-18)13-22-20(25)12-15(2)17-6-4-11-21-14-17;/h7-10,15,17,21H,3-6,11-14H2,1-2H3,(H,22,25)(H,23,24);1H. The minimum Gasteiger partial charge on any atom is -0.352 e. The van der Waals surface area contributed by atoms with Crippen LogP contribution in [0.25, 0.3) is 0 Å². The van der Waals surface area contributed by atoms with E-state index in [-0.39, 0.29) is 24.2 Å². The molecule has 0 saturated carbocycles. The van der Waals surface area contributed by atoms with Crippen LogP contribution >= 0.6 is 12.4 Å². The number of nitrogens with one attached hydrogen (secondary N) is 3. The molecule has 5 nitrogen and oxygen atoms in total. The molecule has 26 heavy (non-hydrogen) atoms. The first kappa shape index (κ1) is 22.5. The lowest BCUT2D eigenvalue weighted by molar-refractivity contribution is -0.122. The van der Waals surface area contributed by atoms with Crippen LogP contribution < -0.4 is 16.0 Å². The third-order valence-electron chi connectivity index (χ3n) is 4.85. The first-order chi connectivity index (χ1) is 12.1. The molecule has 2 rings (SSSR count). The molecular formula is C20H32ClN3O2. The molecule has 1 saturated heterocycles. The summed E-state index contributed by atoms with van der Waals surface area (Å²) in [4.78, 5) is 23.7. The molecule has 2 amide bonds. The van der Waals surface area contributed by atoms with Crippen LogP contribution in [-0.2, 0) is 16.1 Å². The summed E-state index contributed by atoms with van der Waals surface area (Å²) in [5, 5.41) is 9.28. The summed E-state index contributed by atoms with van der Waals surface area (Å²) in [6, 6.07) is 7.64. The van der Waals surface area contributed by atoms with Crippen LogP contribution in [0.15, 0.2) is 24.3 Å². The third kappa shape index (κ3) is 7.75. The number of carbonyl (C=O) groups is 2. The van der Waals surface area contributed by atoms with Crippen LogP contribution in [0.5, 0.6) is 0 Å². The largest absolute Gasteiger partial charge is 0.352 e. The maximum absolute atomic E-state index is 12.2. The molecule has 0 aliphatic carbocycles. The van der Waals surface area contributed by atoms with Gasteiger partial charge in [-0.25, -0.2) is 0 Å². The summed E-state index contributed by atoms with van der Waals surface area (Å²) in [5.41, 5.74) is 1.83.